The van der Waals surface area contributed by atoms with Crippen LogP contribution in [0.3, 0.4) is 0 Å². The van der Waals surface area contributed by atoms with Crippen LogP contribution in [0.4, 0.5) is 11.6 Å². The Morgan fingerprint density at radius 3 is 2.42 bits per heavy atom. The molecule has 11 nitrogen and oxygen atoms in total. The Hall–Kier alpha value is -3.31. The molecule has 180 valence electrons. The molecule has 1 aromatic carbocycles. The standard InChI is InChI=1S/C20H27ClN8O3.ClH/c1-29(2)14(30)11-32-13-8-6-12(7-9-13)5-3-4-10-25-20(24)28-19(31)15-17(22)27-18(23)16(21)26-15;/h6-9H,3-5,10-11H2,1-2H3,(H4,22,23,27)(H3,24,25,28,31);1H. The van der Waals surface area contributed by atoms with Crippen LogP contribution < -0.4 is 26.8 Å². The van der Waals surface area contributed by atoms with Crippen molar-refractivity contribution < 1.29 is 14.3 Å². The summed E-state index contributed by atoms with van der Waals surface area (Å²) in [4.78, 5) is 32.7. The summed E-state index contributed by atoms with van der Waals surface area (Å²) in [6.07, 6.45) is 2.50. The lowest BCUT2D eigenvalue weighted by Gasteiger charge is -2.12. The van der Waals surface area contributed by atoms with E-state index in [1.54, 1.807) is 14.1 Å². The Bertz CT molecular complexity index is 971. The Kier molecular flexibility index (Phi) is 11.2. The Morgan fingerprint density at radius 2 is 1.79 bits per heavy atom. The lowest BCUT2D eigenvalue weighted by atomic mass is 10.1. The normalized spacial score (nSPS) is 10.0. The van der Waals surface area contributed by atoms with Gasteiger partial charge >= 0.3 is 0 Å². The van der Waals surface area contributed by atoms with E-state index in [1.807, 2.05) is 24.3 Å². The minimum Gasteiger partial charge on any atom is -0.484 e. The van der Waals surface area contributed by atoms with Crippen molar-refractivity contribution >= 4 is 53.4 Å². The average molecular weight is 499 g/mol. The summed E-state index contributed by atoms with van der Waals surface area (Å²) in [7, 11) is 3.36. The number of likely N-dealkylation sites (N-methyl/N-ethyl adjacent to an activating group) is 1. The number of hydrogen-bond acceptors (Lipinski definition) is 8. The molecule has 0 atom stereocenters. The van der Waals surface area contributed by atoms with E-state index in [0.717, 1.165) is 24.8 Å². The number of guanidine groups is 1. The first-order valence-corrected chi connectivity index (χ1v) is 10.2. The van der Waals surface area contributed by atoms with E-state index < -0.39 is 5.91 Å². The van der Waals surface area contributed by atoms with Gasteiger partial charge < -0.3 is 26.4 Å². The lowest BCUT2D eigenvalue weighted by molar-refractivity contribution is -0.130. The largest absolute Gasteiger partial charge is 0.484 e. The van der Waals surface area contributed by atoms with Crippen molar-refractivity contribution in [3.05, 3.63) is 40.7 Å². The van der Waals surface area contributed by atoms with Crippen LogP contribution >= 0.6 is 24.0 Å². The molecule has 0 unspecified atom stereocenters. The Balaban J connectivity index is 0.00000544. The van der Waals surface area contributed by atoms with Crippen molar-refractivity contribution in [2.45, 2.75) is 19.3 Å². The van der Waals surface area contributed by atoms with Gasteiger partial charge in [-0.25, -0.2) is 9.97 Å². The molecule has 2 rings (SSSR count). The highest BCUT2D eigenvalue weighted by molar-refractivity contribution is 6.31. The van der Waals surface area contributed by atoms with E-state index in [2.05, 4.69) is 20.6 Å². The quantitative estimate of drug-likeness (QED) is 0.196. The summed E-state index contributed by atoms with van der Waals surface area (Å²) in [5.41, 5.74) is 12.0. The van der Waals surface area contributed by atoms with Crippen LogP contribution in [0.5, 0.6) is 5.75 Å². The van der Waals surface area contributed by atoms with Gasteiger partial charge in [0.15, 0.2) is 35.0 Å². The second-order valence-corrected chi connectivity index (χ2v) is 7.43. The van der Waals surface area contributed by atoms with Gasteiger partial charge in [-0.1, -0.05) is 23.7 Å². The van der Waals surface area contributed by atoms with E-state index in [4.69, 9.17) is 33.2 Å². The Labute approximate surface area is 203 Å². The molecule has 0 fully saturated rings. The van der Waals surface area contributed by atoms with Crippen molar-refractivity contribution in [1.29, 1.82) is 5.41 Å². The SMILES string of the molecule is CN(C)C(=O)COc1ccc(CCCCNC(=N)NC(=O)c2nc(Cl)c(N)nc2N)cc1.Cl. The minimum absolute atomic E-state index is 0. The molecule has 0 saturated carbocycles. The zero-order chi connectivity index (χ0) is 23.7. The van der Waals surface area contributed by atoms with Gasteiger partial charge in [0.25, 0.3) is 11.8 Å². The van der Waals surface area contributed by atoms with Crippen molar-refractivity contribution in [2.75, 3.05) is 38.7 Å². The maximum atomic E-state index is 12.2. The fraction of sp³-hybridized carbons (Fsp3) is 0.350. The third-order valence-electron chi connectivity index (χ3n) is 4.34. The summed E-state index contributed by atoms with van der Waals surface area (Å²) >= 11 is 5.76. The van der Waals surface area contributed by atoms with Gasteiger partial charge in [-0.15, -0.1) is 12.4 Å². The minimum atomic E-state index is -0.705. The van der Waals surface area contributed by atoms with Crippen molar-refractivity contribution in [1.82, 2.24) is 25.5 Å². The number of benzene rings is 1. The number of ether oxygens (including phenoxy) is 1. The predicted octanol–water partition coefficient (Wildman–Crippen LogP) is 1.46. The zero-order valence-corrected chi connectivity index (χ0v) is 19.9. The Morgan fingerprint density at radius 1 is 1.12 bits per heavy atom. The van der Waals surface area contributed by atoms with E-state index in [9.17, 15) is 9.59 Å². The summed E-state index contributed by atoms with van der Waals surface area (Å²) in [6, 6.07) is 7.57. The molecule has 1 heterocycles. The van der Waals surface area contributed by atoms with Crippen LogP contribution in [0.15, 0.2) is 24.3 Å². The molecule has 0 aliphatic rings. The van der Waals surface area contributed by atoms with Gasteiger partial charge in [0.05, 0.1) is 0 Å². The number of rotatable bonds is 9. The number of carbonyl (C=O) groups is 2. The van der Waals surface area contributed by atoms with Crippen LogP contribution in [-0.4, -0.2) is 59.9 Å². The number of nitrogens with zero attached hydrogens (tertiary/aromatic N) is 3. The fourth-order valence-corrected chi connectivity index (χ4v) is 2.65. The fourth-order valence-electron chi connectivity index (χ4n) is 2.52. The van der Waals surface area contributed by atoms with Crippen molar-refractivity contribution in [2.24, 2.45) is 0 Å². The second kappa shape index (κ2) is 13.3. The number of nitrogens with two attached hydrogens (primary N) is 2. The average Bonchev–Trinajstić information content (AvgIpc) is 2.74. The number of halogens is 2. The molecule has 2 aromatic rings. The van der Waals surface area contributed by atoms with E-state index in [-0.39, 0.29) is 53.4 Å². The van der Waals surface area contributed by atoms with Crippen LogP contribution in [0.1, 0.15) is 28.9 Å². The number of amides is 2. The highest BCUT2D eigenvalue weighted by atomic mass is 35.5. The first kappa shape index (κ1) is 27.7. The number of carbonyl (C=O) groups excluding carboxylic acids is 2. The van der Waals surface area contributed by atoms with Crippen molar-refractivity contribution in [3.63, 3.8) is 0 Å². The van der Waals surface area contributed by atoms with Gasteiger partial charge in [0, 0.05) is 20.6 Å². The number of unbranched alkanes of at least 4 members (excludes halogenated alkanes) is 1. The maximum Gasteiger partial charge on any atom is 0.280 e. The zero-order valence-electron chi connectivity index (χ0n) is 18.4. The predicted molar refractivity (Wildman–Crippen MR) is 130 cm³/mol. The van der Waals surface area contributed by atoms with Gasteiger partial charge in [-0.2, -0.15) is 0 Å². The molecule has 33 heavy (non-hydrogen) atoms. The molecule has 2 amide bonds. The molecule has 0 bridgehead atoms. The summed E-state index contributed by atoms with van der Waals surface area (Å²) in [5.74, 6) is -0.588. The van der Waals surface area contributed by atoms with Gasteiger partial charge in [0.1, 0.15) is 5.75 Å². The van der Waals surface area contributed by atoms with E-state index >= 15 is 0 Å². The summed E-state index contributed by atoms with van der Waals surface area (Å²) in [6.45, 7) is 0.502. The number of nitrogens with one attached hydrogen (secondary N) is 3. The number of aryl methyl sites for hydroxylation is 1. The van der Waals surface area contributed by atoms with E-state index in [1.165, 1.54) is 4.90 Å². The summed E-state index contributed by atoms with van der Waals surface area (Å²) in [5, 5.41) is 12.8. The highest BCUT2D eigenvalue weighted by Gasteiger charge is 2.17. The van der Waals surface area contributed by atoms with Crippen LogP contribution in [0.2, 0.25) is 5.15 Å². The smallest absolute Gasteiger partial charge is 0.280 e. The topological polar surface area (TPSA) is 172 Å². The second-order valence-electron chi connectivity index (χ2n) is 7.07. The third kappa shape index (κ3) is 8.99. The monoisotopic (exact) mass is 498 g/mol. The van der Waals surface area contributed by atoms with Gasteiger partial charge in [0.2, 0.25) is 0 Å². The van der Waals surface area contributed by atoms with Crippen LogP contribution in [-0.2, 0) is 11.2 Å². The molecule has 0 radical (unpaired) electrons. The molecular formula is C20H28Cl2N8O3. The molecule has 7 N–H and O–H groups in total. The molecule has 0 aliphatic carbocycles. The molecule has 0 saturated heterocycles. The van der Waals surface area contributed by atoms with Crippen molar-refractivity contribution in [3.8, 4) is 5.75 Å². The van der Waals surface area contributed by atoms with Gasteiger partial charge in [-0.3, -0.25) is 20.3 Å². The number of hydrogen-bond donors (Lipinski definition) is 5. The molecule has 0 spiro atoms. The van der Waals surface area contributed by atoms with Crippen LogP contribution in [0, 0.1) is 5.41 Å². The van der Waals surface area contributed by atoms with Gasteiger partial charge in [-0.05, 0) is 37.0 Å². The maximum absolute atomic E-state index is 12.2. The number of anilines is 2. The van der Waals surface area contributed by atoms with Crippen LogP contribution in [0.25, 0.3) is 0 Å². The number of nitrogen functional groups attached to an aromatic ring is 2. The molecular weight excluding hydrogens is 471 g/mol. The molecule has 1 aromatic heterocycles. The first-order chi connectivity index (χ1) is 15.2. The highest BCUT2D eigenvalue weighted by Crippen LogP contribution is 2.17. The molecule has 0 aliphatic heterocycles. The summed E-state index contributed by atoms with van der Waals surface area (Å²) < 4.78 is 5.45. The number of aromatic nitrogens is 2. The van der Waals surface area contributed by atoms with E-state index in [0.29, 0.717) is 12.3 Å². The third-order valence-corrected chi connectivity index (χ3v) is 4.62. The molecule has 13 heteroatoms. The lowest BCUT2D eigenvalue weighted by Crippen LogP contribution is -2.41. The first-order valence-electron chi connectivity index (χ1n) is 9.81.